The highest BCUT2D eigenvalue weighted by Crippen LogP contribution is 2.23. The molecule has 10 heteroatoms. The lowest BCUT2D eigenvalue weighted by Crippen LogP contribution is -2.24. The minimum Gasteiger partial charge on any atom is -0.868 e. The van der Waals surface area contributed by atoms with Gasteiger partial charge in [0.25, 0.3) is 11.2 Å². The SMILES string of the molecule is COCCCn1c(N/N=C\c2ccc([O-])c([N+](=O)[O-])c2)nc2ccccc2c1=O. The fraction of sp³-hybridized carbons (Fsp3) is 0.211. The first-order valence-corrected chi connectivity index (χ1v) is 8.74. The van der Waals surface area contributed by atoms with Gasteiger partial charge >= 0.3 is 0 Å². The van der Waals surface area contributed by atoms with Gasteiger partial charge in [-0.25, -0.2) is 10.4 Å². The smallest absolute Gasteiger partial charge is 0.262 e. The van der Waals surface area contributed by atoms with Crippen LogP contribution in [0.1, 0.15) is 12.0 Å². The van der Waals surface area contributed by atoms with Crippen LogP contribution >= 0.6 is 0 Å². The number of hydrazone groups is 1. The number of aromatic nitrogens is 2. The maximum Gasteiger partial charge on any atom is 0.262 e. The van der Waals surface area contributed by atoms with Gasteiger partial charge in [0, 0.05) is 31.9 Å². The summed E-state index contributed by atoms with van der Waals surface area (Å²) in [5.41, 5.74) is 2.85. The molecule has 29 heavy (non-hydrogen) atoms. The van der Waals surface area contributed by atoms with Crippen LogP contribution in [-0.4, -0.2) is 34.4 Å². The van der Waals surface area contributed by atoms with E-state index in [1.807, 2.05) is 0 Å². The second-order valence-corrected chi connectivity index (χ2v) is 6.11. The Morgan fingerprint density at radius 1 is 1.31 bits per heavy atom. The molecule has 1 heterocycles. The van der Waals surface area contributed by atoms with Crippen molar-refractivity contribution >= 4 is 28.8 Å². The van der Waals surface area contributed by atoms with E-state index in [0.717, 1.165) is 12.1 Å². The molecule has 0 aliphatic heterocycles. The number of anilines is 1. The van der Waals surface area contributed by atoms with Gasteiger partial charge in [-0.3, -0.25) is 19.5 Å². The molecule has 0 unspecified atom stereocenters. The summed E-state index contributed by atoms with van der Waals surface area (Å²) in [6.45, 7) is 0.853. The highest BCUT2D eigenvalue weighted by atomic mass is 16.6. The van der Waals surface area contributed by atoms with Gasteiger partial charge in [0.2, 0.25) is 5.95 Å². The van der Waals surface area contributed by atoms with Crippen LogP contribution in [-0.2, 0) is 11.3 Å². The van der Waals surface area contributed by atoms with E-state index < -0.39 is 16.4 Å². The van der Waals surface area contributed by atoms with Crippen molar-refractivity contribution in [2.45, 2.75) is 13.0 Å². The van der Waals surface area contributed by atoms with Crippen LogP contribution in [0.4, 0.5) is 11.6 Å². The Labute approximate surface area is 165 Å². The quantitative estimate of drug-likeness (QED) is 0.266. The Balaban J connectivity index is 1.91. The predicted molar refractivity (Wildman–Crippen MR) is 106 cm³/mol. The predicted octanol–water partition coefficient (Wildman–Crippen LogP) is 1.86. The van der Waals surface area contributed by atoms with Crippen molar-refractivity contribution < 1.29 is 14.8 Å². The van der Waals surface area contributed by atoms with Crippen LogP contribution in [0.25, 0.3) is 10.9 Å². The van der Waals surface area contributed by atoms with Gasteiger partial charge in [0.1, 0.15) is 0 Å². The molecule has 1 N–H and O–H groups in total. The second kappa shape index (κ2) is 8.93. The molecule has 3 rings (SSSR count). The summed E-state index contributed by atoms with van der Waals surface area (Å²) >= 11 is 0. The van der Waals surface area contributed by atoms with Crippen LogP contribution in [0.15, 0.2) is 52.4 Å². The van der Waals surface area contributed by atoms with Crippen molar-refractivity contribution in [1.82, 2.24) is 9.55 Å². The third-order valence-corrected chi connectivity index (χ3v) is 4.15. The van der Waals surface area contributed by atoms with Gasteiger partial charge in [0.15, 0.2) is 0 Å². The lowest BCUT2D eigenvalue weighted by Gasteiger charge is -2.12. The summed E-state index contributed by atoms with van der Waals surface area (Å²) in [6, 6.07) is 10.6. The zero-order chi connectivity index (χ0) is 20.8. The van der Waals surface area contributed by atoms with Crippen LogP contribution in [0.2, 0.25) is 0 Å². The molecule has 0 aliphatic rings. The molecule has 0 saturated heterocycles. The van der Waals surface area contributed by atoms with Gasteiger partial charge in [-0.05, 0) is 24.3 Å². The number of benzene rings is 2. The summed E-state index contributed by atoms with van der Waals surface area (Å²) in [5, 5.41) is 26.9. The topological polar surface area (TPSA) is 135 Å². The number of para-hydroxylation sites is 1. The molecule has 3 aromatic rings. The molecule has 0 spiro atoms. The average molecular weight is 396 g/mol. The Morgan fingerprint density at radius 2 is 2.10 bits per heavy atom. The average Bonchev–Trinajstić information content (AvgIpc) is 2.71. The van der Waals surface area contributed by atoms with E-state index in [0.29, 0.717) is 36.0 Å². The Morgan fingerprint density at radius 3 is 2.86 bits per heavy atom. The van der Waals surface area contributed by atoms with Gasteiger partial charge in [-0.2, -0.15) is 5.10 Å². The standard InChI is InChI=1S/C19H19N5O5/c1-29-10-4-9-23-18(26)14-5-2-3-6-15(14)21-19(23)22-20-12-13-7-8-17(25)16(11-13)24(27)28/h2-3,5-8,11-12,25H,4,9-10H2,1H3,(H,21,22)/p-1/b20-12-. The van der Waals surface area contributed by atoms with E-state index in [9.17, 15) is 20.0 Å². The van der Waals surface area contributed by atoms with Crippen LogP contribution in [0.3, 0.4) is 0 Å². The number of hydrogen-bond donors (Lipinski definition) is 1. The summed E-state index contributed by atoms with van der Waals surface area (Å²) in [7, 11) is 1.58. The van der Waals surface area contributed by atoms with E-state index in [2.05, 4.69) is 15.5 Å². The summed E-state index contributed by atoms with van der Waals surface area (Å²) < 4.78 is 6.50. The number of rotatable bonds is 8. The molecule has 0 saturated carbocycles. The highest BCUT2D eigenvalue weighted by Gasteiger charge is 2.10. The lowest BCUT2D eigenvalue weighted by molar-refractivity contribution is -0.398. The summed E-state index contributed by atoms with van der Waals surface area (Å²) in [4.78, 5) is 27.4. The van der Waals surface area contributed by atoms with Crippen molar-refractivity contribution in [2.24, 2.45) is 5.10 Å². The van der Waals surface area contributed by atoms with Crippen LogP contribution in [0, 0.1) is 10.1 Å². The maximum atomic E-state index is 12.8. The molecular formula is C19H18N5O5-. The fourth-order valence-electron chi connectivity index (χ4n) is 2.75. The van der Waals surface area contributed by atoms with Crippen molar-refractivity contribution in [3.8, 4) is 5.75 Å². The zero-order valence-electron chi connectivity index (χ0n) is 15.6. The van der Waals surface area contributed by atoms with Crippen molar-refractivity contribution in [2.75, 3.05) is 19.1 Å². The van der Waals surface area contributed by atoms with Crippen molar-refractivity contribution in [1.29, 1.82) is 0 Å². The molecule has 150 valence electrons. The molecule has 0 aliphatic carbocycles. The summed E-state index contributed by atoms with van der Waals surface area (Å²) in [6.07, 6.45) is 1.92. The van der Waals surface area contributed by atoms with E-state index in [4.69, 9.17) is 4.74 Å². The van der Waals surface area contributed by atoms with E-state index in [1.165, 1.54) is 16.8 Å². The number of nitro groups is 1. The number of nitrogens with zero attached hydrogens (tertiary/aromatic N) is 4. The molecule has 2 aromatic carbocycles. The normalized spacial score (nSPS) is 11.2. The van der Waals surface area contributed by atoms with Gasteiger partial charge < -0.3 is 9.84 Å². The summed E-state index contributed by atoms with van der Waals surface area (Å²) in [5.74, 6) is -0.445. The minimum absolute atomic E-state index is 0.212. The largest absolute Gasteiger partial charge is 0.868 e. The lowest BCUT2D eigenvalue weighted by atomic mass is 10.2. The molecule has 0 amide bonds. The molecule has 0 bridgehead atoms. The third-order valence-electron chi connectivity index (χ3n) is 4.15. The zero-order valence-corrected chi connectivity index (χ0v) is 15.6. The van der Waals surface area contributed by atoms with Gasteiger partial charge in [0.05, 0.1) is 22.0 Å². The molecule has 0 fully saturated rings. The monoisotopic (exact) mass is 396 g/mol. The number of nitro benzene ring substituents is 1. The molecule has 1 aromatic heterocycles. The van der Waals surface area contributed by atoms with E-state index >= 15 is 0 Å². The second-order valence-electron chi connectivity index (χ2n) is 6.11. The first-order chi connectivity index (χ1) is 14.0. The first kappa shape index (κ1) is 20.0. The maximum absolute atomic E-state index is 12.8. The number of fused-ring (bicyclic) bond motifs is 1. The van der Waals surface area contributed by atoms with Crippen LogP contribution < -0.4 is 16.1 Å². The van der Waals surface area contributed by atoms with E-state index in [1.54, 1.807) is 31.4 Å². The fourth-order valence-corrected chi connectivity index (χ4v) is 2.75. The highest BCUT2D eigenvalue weighted by molar-refractivity contribution is 5.82. The molecule has 0 atom stereocenters. The van der Waals surface area contributed by atoms with Crippen LogP contribution in [0.5, 0.6) is 5.75 Å². The molecular weight excluding hydrogens is 378 g/mol. The number of hydrogen-bond acceptors (Lipinski definition) is 8. The number of ether oxygens (including phenoxy) is 1. The Bertz CT molecular complexity index is 1130. The van der Waals surface area contributed by atoms with E-state index in [-0.39, 0.29) is 11.5 Å². The first-order valence-electron chi connectivity index (χ1n) is 8.74. The van der Waals surface area contributed by atoms with Gasteiger partial charge in [-0.15, -0.1) is 0 Å². The minimum atomic E-state index is -0.745. The molecule has 0 radical (unpaired) electrons. The number of nitrogens with one attached hydrogen (secondary N) is 1. The Kier molecular flexibility index (Phi) is 6.15. The number of methoxy groups -OCH3 is 1. The third kappa shape index (κ3) is 4.55. The molecule has 10 nitrogen and oxygen atoms in total. The van der Waals surface area contributed by atoms with Gasteiger partial charge in [-0.1, -0.05) is 24.3 Å². The Hall–Kier alpha value is -3.79. The van der Waals surface area contributed by atoms with Crippen molar-refractivity contribution in [3.63, 3.8) is 0 Å². The van der Waals surface area contributed by atoms with Crippen molar-refractivity contribution in [3.05, 3.63) is 68.5 Å².